The Morgan fingerprint density at radius 2 is 1.75 bits per heavy atom. The van der Waals surface area contributed by atoms with E-state index >= 15 is 0 Å². The van der Waals surface area contributed by atoms with Crippen LogP contribution in [0.5, 0.6) is 0 Å². The standard InChI is InChI=1S/C13H29N3/c1-11(2)13(10-14-12-6-7-12)16(5)9-8-15(3)4/h11-14H,6-10H2,1-5H3. The molecule has 0 saturated heterocycles. The van der Waals surface area contributed by atoms with Crippen LogP contribution in [0.15, 0.2) is 0 Å². The summed E-state index contributed by atoms with van der Waals surface area (Å²) in [6, 6.07) is 1.49. The van der Waals surface area contributed by atoms with Crippen molar-refractivity contribution in [3.8, 4) is 0 Å². The van der Waals surface area contributed by atoms with Crippen LogP contribution in [0, 0.1) is 5.92 Å². The molecule has 0 aromatic carbocycles. The van der Waals surface area contributed by atoms with Gasteiger partial charge in [-0.1, -0.05) is 13.8 Å². The first-order valence-corrected chi connectivity index (χ1v) is 6.59. The fraction of sp³-hybridized carbons (Fsp3) is 1.00. The molecule has 1 unspecified atom stereocenters. The second kappa shape index (κ2) is 6.58. The van der Waals surface area contributed by atoms with E-state index in [2.05, 4.69) is 50.1 Å². The summed E-state index contributed by atoms with van der Waals surface area (Å²) >= 11 is 0. The monoisotopic (exact) mass is 227 g/mol. The normalized spacial score (nSPS) is 18.8. The Labute approximate surface area is 101 Å². The molecule has 0 radical (unpaired) electrons. The van der Waals surface area contributed by atoms with Gasteiger partial charge in [-0.3, -0.25) is 0 Å². The van der Waals surface area contributed by atoms with Gasteiger partial charge in [-0.15, -0.1) is 0 Å². The van der Waals surface area contributed by atoms with Gasteiger partial charge in [0.1, 0.15) is 0 Å². The van der Waals surface area contributed by atoms with E-state index in [9.17, 15) is 0 Å². The zero-order valence-electron chi connectivity index (χ0n) is 11.7. The number of hydrogen-bond acceptors (Lipinski definition) is 3. The fourth-order valence-electron chi connectivity index (χ4n) is 2.00. The van der Waals surface area contributed by atoms with Crippen LogP contribution in [-0.4, -0.2) is 62.7 Å². The Bertz CT molecular complexity index is 188. The molecule has 1 N–H and O–H groups in total. The molecule has 0 aromatic heterocycles. The summed E-state index contributed by atoms with van der Waals surface area (Å²) in [5.74, 6) is 0.721. The lowest BCUT2D eigenvalue weighted by atomic mass is 10.0. The number of likely N-dealkylation sites (N-methyl/N-ethyl adjacent to an activating group) is 2. The van der Waals surface area contributed by atoms with Crippen molar-refractivity contribution in [3.05, 3.63) is 0 Å². The molecule has 1 aliphatic carbocycles. The molecule has 0 spiro atoms. The minimum atomic E-state index is 0.667. The molecule has 1 aliphatic rings. The van der Waals surface area contributed by atoms with Crippen LogP contribution in [0.25, 0.3) is 0 Å². The van der Waals surface area contributed by atoms with Crippen LogP contribution in [0.4, 0.5) is 0 Å². The van der Waals surface area contributed by atoms with E-state index in [4.69, 9.17) is 0 Å². The van der Waals surface area contributed by atoms with E-state index in [-0.39, 0.29) is 0 Å². The number of hydrogen-bond donors (Lipinski definition) is 1. The molecule has 3 nitrogen and oxygen atoms in total. The summed E-state index contributed by atoms with van der Waals surface area (Å²) in [6.45, 7) is 8.09. The summed E-state index contributed by atoms with van der Waals surface area (Å²) in [5.41, 5.74) is 0. The van der Waals surface area contributed by atoms with Crippen molar-refractivity contribution < 1.29 is 0 Å². The highest BCUT2D eigenvalue weighted by Gasteiger charge is 2.24. The molecule has 1 fully saturated rings. The van der Waals surface area contributed by atoms with E-state index in [1.807, 2.05) is 0 Å². The third-order valence-corrected chi connectivity index (χ3v) is 3.43. The van der Waals surface area contributed by atoms with E-state index < -0.39 is 0 Å². The smallest absolute Gasteiger partial charge is 0.0241 e. The predicted molar refractivity (Wildman–Crippen MR) is 70.8 cm³/mol. The molecule has 1 rings (SSSR count). The Morgan fingerprint density at radius 1 is 1.12 bits per heavy atom. The summed E-state index contributed by atoms with van der Waals surface area (Å²) < 4.78 is 0. The number of nitrogens with zero attached hydrogens (tertiary/aromatic N) is 2. The van der Waals surface area contributed by atoms with Crippen LogP contribution in [0.3, 0.4) is 0 Å². The lowest BCUT2D eigenvalue weighted by molar-refractivity contribution is 0.172. The summed E-state index contributed by atoms with van der Waals surface area (Å²) in [6.07, 6.45) is 2.76. The van der Waals surface area contributed by atoms with E-state index in [0.29, 0.717) is 6.04 Å². The van der Waals surface area contributed by atoms with Crippen molar-refractivity contribution in [2.75, 3.05) is 40.8 Å². The topological polar surface area (TPSA) is 18.5 Å². The highest BCUT2D eigenvalue weighted by Crippen LogP contribution is 2.19. The van der Waals surface area contributed by atoms with Crippen LogP contribution in [0.2, 0.25) is 0 Å². The molecule has 0 amide bonds. The van der Waals surface area contributed by atoms with Crippen molar-refractivity contribution >= 4 is 0 Å². The lowest BCUT2D eigenvalue weighted by Gasteiger charge is -2.32. The molecule has 96 valence electrons. The highest BCUT2D eigenvalue weighted by atomic mass is 15.2. The molecular weight excluding hydrogens is 198 g/mol. The summed E-state index contributed by atoms with van der Waals surface area (Å²) in [4.78, 5) is 4.75. The largest absolute Gasteiger partial charge is 0.312 e. The maximum absolute atomic E-state index is 3.65. The van der Waals surface area contributed by atoms with Gasteiger partial charge in [-0.05, 0) is 39.9 Å². The molecule has 0 heterocycles. The Morgan fingerprint density at radius 3 is 2.19 bits per heavy atom. The van der Waals surface area contributed by atoms with Crippen molar-refractivity contribution in [1.82, 2.24) is 15.1 Å². The molecule has 16 heavy (non-hydrogen) atoms. The Hall–Kier alpha value is -0.120. The predicted octanol–water partition coefficient (Wildman–Crippen LogP) is 1.26. The molecule has 1 atom stereocenters. The van der Waals surface area contributed by atoms with Crippen LogP contribution in [-0.2, 0) is 0 Å². The van der Waals surface area contributed by atoms with Crippen LogP contribution in [0.1, 0.15) is 26.7 Å². The van der Waals surface area contributed by atoms with Crippen molar-refractivity contribution in [3.63, 3.8) is 0 Å². The molecule has 0 aromatic rings. The average molecular weight is 227 g/mol. The van der Waals surface area contributed by atoms with Crippen molar-refractivity contribution in [1.29, 1.82) is 0 Å². The van der Waals surface area contributed by atoms with Gasteiger partial charge in [0, 0.05) is 31.7 Å². The van der Waals surface area contributed by atoms with Gasteiger partial charge in [-0.25, -0.2) is 0 Å². The molecule has 1 saturated carbocycles. The summed E-state index contributed by atoms with van der Waals surface area (Å²) in [7, 11) is 6.53. The average Bonchev–Trinajstić information content (AvgIpc) is 2.98. The van der Waals surface area contributed by atoms with Gasteiger partial charge in [-0.2, -0.15) is 0 Å². The number of rotatable bonds is 8. The highest BCUT2D eigenvalue weighted by molar-refractivity contribution is 4.84. The van der Waals surface area contributed by atoms with Gasteiger partial charge in [0.15, 0.2) is 0 Å². The second-order valence-electron chi connectivity index (χ2n) is 5.78. The van der Waals surface area contributed by atoms with E-state index in [1.54, 1.807) is 0 Å². The first-order valence-electron chi connectivity index (χ1n) is 6.59. The fourth-order valence-corrected chi connectivity index (χ4v) is 2.00. The van der Waals surface area contributed by atoms with Crippen molar-refractivity contribution in [2.24, 2.45) is 5.92 Å². The van der Waals surface area contributed by atoms with E-state index in [0.717, 1.165) is 31.6 Å². The molecule has 3 heteroatoms. The van der Waals surface area contributed by atoms with Crippen molar-refractivity contribution in [2.45, 2.75) is 38.8 Å². The maximum Gasteiger partial charge on any atom is 0.0241 e. The minimum absolute atomic E-state index is 0.667. The maximum atomic E-state index is 3.65. The SMILES string of the molecule is CC(C)C(CNC1CC1)N(C)CCN(C)C. The van der Waals surface area contributed by atoms with Crippen LogP contribution >= 0.6 is 0 Å². The van der Waals surface area contributed by atoms with E-state index in [1.165, 1.54) is 12.8 Å². The minimum Gasteiger partial charge on any atom is -0.312 e. The zero-order valence-corrected chi connectivity index (χ0v) is 11.7. The third kappa shape index (κ3) is 5.28. The van der Waals surface area contributed by atoms with Gasteiger partial charge < -0.3 is 15.1 Å². The first kappa shape index (κ1) is 13.9. The first-order chi connectivity index (χ1) is 7.50. The summed E-state index contributed by atoms with van der Waals surface area (Å²) in [5, 5.41) is 3.65. The third-order valence-electron chi connectivity index (χ3n) is 3.43. The molecule has 0 bridgehead atoms. The molecular formula is C13H29N3. The van der Waals surface area contributed by atoms with Gasteiger partial charge in [0.25, 0.3) is 0 Å². The Kier molecular flexibility index (Phi) is 5.73. The zero-order chi connectivity index (χ0) is 12.1. The van der Waals surface area contributed by atoms with Gasteiger partial charge in [0.05, 0.1) is 0 Å². The quantitative estimate of drug-likeness (QED) is 0.673. The van der Waals surface area contributed by atoms with Gasteiger partial charge in [0.2, 0.25) is 0 Å². The van der Waals surface area contributed by atoms with Crippen LogP contribution < -0.4 is 5.32 Å². The lowest BCUT2D eigenvalue weighted by Crippen LogP contribution is -2.46. The van der Waals surface area contributed by atoms with Gasteiger partial charge >= 0.3 is 0 Å². The number of nitrogens with one attached hydrogen (secondary N) is 1. The Balaban J connectivity index is 2.28. The molecule has 0 aliphatic heterocycles. The second-order valence-corrected chi connectivity index (χ2v) is 5.78.